The Morgan fingerprint density at radius 3 is 2.86 bits per heavy atom. The number of carbonyl (C=O) groups is 1. The number of hydrogen-bond acceptors (Lipinski definition) is 5. The molecule has 0 spiro atoms. The van der Waals surface area contributed by atoms with Crippen molar-refractivity contribution >= 4 is 34.2 Å². The van der Waals surface area contributed by atoms with E-state index in [1.54, 1.807) is 0 Å². The molecular formula is C21H21N5OS. The van der Waals surface area contributed by atoms with Crippen LogP contribution < -0.4 is 5.32 Å². The number of carbonyl (C=O) groups excluding carboxylic acids is 1. The summed E-state index contributed by atoms with van der Waals surface area (Å²) in [6.45, 7) is 4.76. The molecule has 0 unspecified atom stereocenters. The second-order valence-electron chi connectivity index (χ2n) is 6.77. The summed E-state index contributed by atoms with van der Waals surface area (Å²) in [6.07, 6.45) is 1.20. The summed E-state index contributed by atoms with van der Waals surface area (Å²) in [5.41, 5.74) is 5.73. The summed E-state index contributed by atoms with van der Waals surface area (Å²) < 4.78 is 6.07. The van der Waals surface area contributed by atoms with E-state index in [4.69, 9.17) is 0 Å². The number of rotatable bonds is 6. The molecule has 0 saturated carbocycles. The van der Waals surface area contributed by atoms with Gasteiger partial charge in [-0.1, -0.05) is 28.8 Å². The maximum Gasteiger partial charge on any atom is 0.224 e. The molecule has 7 heteroatoms. The van der Waals surface area contributed by atoms with E-state index < -0.39 is 0 Å². The number of hydrogen-bond donors (Lipinski definition) is 1. The van der Waals surface area contributed by atoms with Crippen molar-refractivity contribution in [2.24, 2.45) is 0 Å². The minimum atomic E-state index is 0.0127. The fourth-order valence-corrected chi connectivity index (χ4v) is 3.76. The van der Waals surface area contributed by atoms with Crippen LogP contribution in [0.2, 0.25) is 0 Å². The SMILES string of the molecule is Cc1ccc(-c2csnn2)cc1NC(=O)CCCn1c(C)nc2ccccc21. The van der Waals surface area contributed by atoms with Crippen molar-refractivity contribution in [2.45, 2.75) is 33.2 Å². The molecule has 0 radical (unpaired) electrons. The van der Waals surface area contributed by atoms with Crippen LogP contribution in [0, 0.1) is 13.8 Å². The van der Waals surface area contributed by atoms with Gasteiger partial charge in [-0.05, 0) is 55.6 Å². The Hall–Kier alpha value is -3.06. The molecule has 28 heavy (non-hydrogen) atoms. The first-order valence-electron chi connectivity index (χ1n) is 9.21. The number of para-hydroxylation sites is 2. The summed E-state index contributed by atoms with van der Waals surface area (Å²) >= 11 is 1.31. The number of imidazole rings is 1. The first-order valence-corrected chi connectivity index (χ1v) is 10.1. The van der Waals surface area contributed by atoms with Crippen molar-refractivity contribution in [1.82, 2.24) is 19.1 Å². The van der Waals surface area contributed by atoms with Crippen LogP contribution in [0.25, 0.3) is 22.3 Å². The zero-order valence-electron chi connectivity index (χ0n) is 15.8. The van der Waals surface area contributed by atoms with Crippen molar-refractivity contribution in [3.8, 4) is 11.3 Å². The molecule has 0 saturated heterocycles. The van der Waals surface area contributed by atoms with Gasteiger partial charge >= 0.3 is 0 Å². The summed E-state index contributed by atoms with van der Waals surface area (Å²) in [4.78, 5) is 17.1. The lowest BCUT2D eigenvalue weighted by Crippen LogP contribution is -2.13. The normalized spacial score (nSPS) is 11.1. The van der Waals surface area contributed by atoms with Crippen molar-refractivity contribution in [3.05, 3.63) is 59.2 Å². The number of fused-ring (bicyclic) bond motifs is 1. The van der Waals surface area contributed by atoms with Gasteiger partial charge in [-0.25, -0.2) is 4.98 Å². The Labute approximate surface area is 167 Å². The largest absolute Gasteiger partial charge is 0.328 e. The van der Waals surface area contributed by atoms with Crippen molar-refractivity contribution in [2.75, 3.05) is 5.32 Å². The standard InChI is InChI=1S/C21H21N5OS/c1-14-9-10-16(19-13-28-25-24-19)12-18(14)23-21(27)8-5-11-26-15(2)22-17-6-3-4-7-20(17)26/h3-4,6-7,9-10,12-13H,5,8,11H2,1-2H3,(H,23,27). The molecule has 0 fully saturated rings. The van der Waals surface area contributed by atoms with Gasteiger partial charge in [0.05, 0.1) is 11.0 Å². The molecule has 0 aliphatic heterocycles. The second kappa shape index (κ2) is 7.90. The topological polar surface area (TPSA) is 72.7 Å². The summed E-state index contributed by atoms with van der Waals surface area (Å²) in [5, 5.41) is 9.03. The minimum Gasteiger partial charge on any atom is -0.328 e. The highest BCUT2D eigenvalue weighted by atomic mass is 32.1. The molecule has 2 aromatic heterocycles. The minimum absolute atomic E-state index is 0.0127. The van der Waals surface area contributed by atoms with Crippen LogP contribution >= 0.6 is 11.5 Å². The third kappa shape index (κ3) is 3.80. The molecular weight excluding hydrogens is 370 g/mol. The Morgan fingerprint density at radius 1 is 1.18 bits per heavy atom. The first-order chi connectivity index (χ1) is 13.6. The molecule has 4 rings (SSSR count). The lowest BCUT2D eigenvalue weighted by Gasteiger charge is -2.11. The summed E-state index contributed by atoms with van der Waals surface area (Å²) in [5.74, 6) is 0.987. The Kier molecular flexibility index (Phi) is 5.16. The molecule has 6 nitrogen and oxygen atoms in total. The quantitative estimate of drug-likeness (QED) is 0.522. The van der Waals surface area contributed by atoms with E-state index >= 15 is 0 Å². The zero-order valence-corrected chi connectivity index (χ0v) is 16.7. The Morgan fingerprint density at radius 2 is 2.04 bits per heavy atom. The average Bonchev–Trinajstić information content (AvgIpc) is 3.32. The van der Waals surface area contributed by atoms with Crippen molar-refractivity contribution in [1.29, 1.82) is 0 Å². The van der Waals surface area contributed by atoms with E-state index in [-0.39, 0.29) is 5.91 Å². The predicted octanol–water partition coefficient (Wildman–Crippen LogP) is 4.59. The van der Waals surface area contributed by atoms with Crippen LogP contribution in [0.4, 0.5) is 5.69 Å². The number of nitrogens with zero attached hydrogens (tertiary/aromatic N) is 4. The van der Waals surface area contributed by atoms with Crippen LogP contribution in [0.15, 0.2) is 47.8 Å². The fourth-order valence-electron chi connectivity index (χ4n) is 3.30. The zero-order chi connectivity index (χ0) is 19.5. The number of amides is 1. The van der Waals surface area contributed by atoms with Gasteiger partial charge in [-0.3, -0.25) is 4.79 Å². The van der Waals surface area contributed by atoms with Crippen LogP contribution in [0.3, 0.4) is 0 Å². The van der Waals surface area contributed by atoms with Gasteiger partial charge in [-0.2, -0.15) is 0 Å². The van der Waals surface area contributed by atoms with E-state index in [0.717, 1.165) is 52.3 Å². The van der Waals surface area contributed by atoms with Gasteiger partial charge in [0.15, 0.2) is 0 Å². The van der Waals surface area contributed by atoms with Crippen LogP contribution in [0.1, 0.15) is 24.2 Å². The number of anilines is 1. The lowest BCUT2D eigenvalue weighted by molar-refractivity contribution is -0.116. The third-order valence-electron chi connectivity index (χ3n) is 4.80. The maximum atomic E-state index is 12.5. The molecule has 4 aromatic rings. The van der Waals surface area contributed by atoms with E-state index in [1.807, 2.05) is 55.6 Å². The van der Waals surface area contributed by atoms with Gasteiger partial charge in [-0.15, -0.1) is 5.10 Å². The fraction of sp³-hybridized carbons (Fsp3) is 0.238. The molecule has 0 bridgehead atoms. The van der Waals surface area contributed by atoms with Crippen LogP contribution in [-0.2, 0) is 11.3 Å². The van der Waals surface area contributed by atoms with Crippen LogP contribution in [-0.4, -0.2) is 25.0 Å². The van der Waals surface area contributed by atoms with Crippen molar-refractivity contribution < 1.29 is 4.79 Å². The molecule has 1 N–H and O–H groups in total. The number of aromatic nitrogens is 4. The smallest absolute Gasteiger partial charge is 0.224 e. The molecule has 2 heterocycles. The Balaban J connectivity index is 1.40. The predicted molar refractivity (Wildman–Crippen MR) is 112 cm³/mol. The van der Waals surface area contributed by atoms with E-state index in [1.165, 1.54) is 11.5 Å². The molecule has 2 aromatic carbocycles. The average molecular weight is 392 g/mol. The maximum absolute atomic E-state index is 12.5. The molecule has 142 valence electrons. The number of aryl methyl sites for hydroxylation is 3. The molecule has 0 aliphatic rings. The molecule has 1 amide bonds. The molecule has 0 aliphatic carbocycles. The van der Waals surface area contributed by atoms with Gasteiger partial charge in [0, 0.05) is 29.6 Å². The number of nitrogens with one attached hydrogen (secondary N) is 1. The lowest BCUT2D eigenvalue weighted by atomic mass is 10.1. The van der Waals surface area contributed by atoms with Gasteiger partial charge in [0.2, 0.25) is 5.91 Å². The van der Waals surface area contributed by atoms with Gasteiger partial charge in [0.1, 0.15) is 11.5 Å². The van der Waals surface area contributed by atoms with Crippen molar-refractivity contribution in [3.63, 3.8) is 0 Å². The van der Waals surface area contributed by atoms with E-state index in [0.29, 0.717) is 6.42 Å². The summed E-state index contributed by atoms with van der Waals surface area (Å²) in [7, 11) is 0. The first kappa shape index (κ1) is 18.3. The highest BCUT2D eigenvalue weighted by Gasteiger charge is 2.10. The van der Waals surface area contributed by atoms with Crippen LogP contribution in [0.5, 0.6) is 0 Å². The number of benzene rings is 2. The second-order valence-corrected chi connectivity index (χ2v) is 7.38. The molecule has 0 atom stereocenters. The third-order valence-corrected chi connectivity index (χ3v) is 5.30. The highest BCUT2D eigenvalue weighted by Crippen LogP contribution is 2.25. The summed E-state index contributed by atoms with van der Waals surface area (Å²) in [6, 6.07) is 14.0. The van der Waals surface area contributed by atoms with Gasteiger partial charge < -0.3 is 9.88 Å². The monoisotopic (exact) mass is 391 g/mol. The Bertz CT molecular complexity index is 1120. The van der Waals surface area contributed by atoms with Gasteiger partial charge in [0.25, 0.3) is 0 Å². The van der Waals surface area contributed by atoms with E-state index in [2.05, 4.69) is 30.5 Å². The highest BCUT2D eigenvalue weighted by molar-refractivity contribution is 7.03. The van der Waals surface area contributed by atoms with E-state index in [9.17, 15) is 4.79 Å².